The molecule has 128 valence electrons. The summed E-state index contributed by atoms with van der Waals surface area (Å²) in [5, 5.41) is 0.552. The minimum Gasteiger partial charge on any atom is -0.460 e. The van der Waals surface area contributed by atoms with Crippen molar-refractivity contribution in [1.82, 2.24) is 4.72 Å². The molecule has 0 spiro atoms. The fourth-order valence-corrected chi connectivity index (χ4v) is 3.26. The van der Waals surface area contributed by atoms with E-state index in [1.165, 1.54) is 19.1 Å². The second-order valence-electron chi connectivity index (χ2n) is 5.01. The van der Waals surface area contributed by atoms with Gasteiger partial charge in [0.05, 0.1) is 0 Å². The van der Waals surface area contributed by atoms with E-state index < -0.39 is 32.7 Å². The first-order valence-corrected chi connectivity index (χ1v) is 8.83. The summed E-state index contributed by atoms with van der Waals surface area (Å²) in [6.45, 7) is 1.30. The van der Waals surface area contributed by atoms with E-state index in [1.54, 1.807) is 24.3 Å². The molecule has 0 aliphatic heterocycles. The highest BCUT2D eigenvalue weighted by Gasteiger charge is 2.25. The number of benzene rings is 2. The molecule has 0 aromatic heterocycles. The van der Waals surface area contributed by atoms with Crippen LogP contribution in [0.25, 0.3) is 0 Å². The second-order valence-corrected chi connectivity index (χ2v) is 7.13. The quantitative estimate of drug-likeness (QED) is 0.792. The molecule has 0 amide bonds. The molecule has 5 nitrogen and oxygen atoms in total. The molecule has 0 fully saturated rings. The van der Waals surface area contributed by atoms with Crippen molar-refractivity contribution in [1.29, 1.82) is 0 Å². The van der Waals surface area contributed by atoms with Gasteiger partial charge in [-0.15, -0.1) is 0 Å². The molecular formula is C16H15ClFNO4S. The summed E-state index contributed by atoms with van der Waals surface area (Å²) in [6, 6.07) is 10.4. The Morgan fingerprint density at radius 1 is 1.21 bits per heavy atom. The number of halogens is 2. The van der Waals surface area contributed by atoms with Gasteiger partial charge in [-0.2, -0.15) is 4.72 Å². The van der Waals surface area contributed by atoms with Gasteiger partial charge in [-0.3, -0.25) is 4.79 Å². The van der Waals surface area contributed by atoms with E-state index in [0.717, 1.165) is 12.1 Å². The summed E-state index contributed by atoms with van der Waals surface area (Å²) in [7, 11) is -4.17. The minimum atomic E-state index is -4.17. The molecule has 2 aromatic rings. The van der Waals surface area contributed by atoms with Crippen LogP contribution in [0.15, 0.2) is 53.4 Å². The number of hydrogen-bond donors (Lipinski definition) is 1. The maximum Gasteiger partial charge on any atom is 0.324 e. The van der Waals surface area contributed by atoms with Crippen molar-refractivity contribution in [3.63, 3.8) is 0 Å². The smallest absolute Gasteiger partial charge is 0.324 e. The number of esters is 1. The van der Waals surface area contributed by atoms with E-state index in [2.05, 4.69) is 4.72 Å². The molecule has 24 heavy (non-hydrogen) atoms. The van der Waals surface area contributed by atoms with E-state index >= 15 is 0 Å². The van der Waals surface area contributed by atoms with E-state index in [0.29, 0.717) is 10.6 Å². The molecular weight excluding hydrogens is 357 g/mol. The molecule has 2 rings (SSSR count). The molecule has 8 heteroatoms. The number of sulfonamides is 1. The summed E-state index contributed by atoms with van der Waals surface area (Å²) >= 11 is 5.75. The Morgan fingerprint density at radius 3 is 2.46 bits per heavy atom. The molecule has 0 radical (unpaired) electrons. The van der Waals surface area contributed by atoms with Gasteiger partial charge in [0, 0.05) is 5.02 Å². The number of rotatable bonds is 6. The molecule has 0 heterocycles. The van der Waals surface area contributed by atoms with Crippen LogP contribution < -0.4 is 4.72 Å². The van der Waals surface area contributed by atoms with Crippen molar-refractivity contribution in [3.8, 4) is 0 Å². The van der Waals surface area contributed by atoms with Crippen LogP contribution in [0.4, 0.5) is 4.39 Å². The lowest BCUT2D eigenvalue weighted by Gasteiger charge is -2.14. The van der Waals surface area contributed by atoms with E-state index in [-0.39, 0.29) is 6.61 Å². The van der Waals surface area contributed by atoms with Crippen LogP contribution in [0.1, 0.15) is 12.5 Å². The van der Waals surface area contributed by atoms with Crippen LogP contribution in [0, 0.1) is 5.82 Å². The van der Waals surface area contributed by atoms with Crippen molar-refractivity contribution in [2.24, 2.45) is 0 Å². The third-order valence-electron chi connectivity index (χ3n) is 3.11. The van der Waals surface area contributed by atoms with Crippen LogP contribution >= 0.6 is 11.6 Å². The monoisotopic (exact) mass is 371 g/mol. The number of ether oxygens (including phenoxy) is 1. The summed E-state index contributed by atoms with van der Waals surface area (Å²) in [5.41, 5.74) is 0.705. The maximum atomic E-state index is 13.6. The fourth-order valence-electron chi connectivity index (χ4n) is 1.87. The topological polar surface area (TPSA) is 72.5 Å². The third kappa shape index (κ3) is 4.77. The first kappa shape index (κ1) is 18.4. The van der Waals surface area contributed by atoms with Crippen molar-refractivity contribution in [2.75, 3.05) is 0 Å². The van der Waals surface area contributed by atoms with Crippen molar-refractivity contribution >= 4 is 27.6 Å². The minimum absolute atomic E-state index is 0.0260. The maximum absolute atomic E-state index is 13.6. The largest absolute Gasteiger partial charge is 0.460 e. The van der Waals surface area contributed by atoms with Gasteiger partial charge in [0.1, 0.15) is 23.4 Å². The van der Waals surface area contributed by atoms with Gasteiger partial charge in [0.2, 0.25) is 10.0 Å². The average Bonchev–Trinajstić information content (AvgIpc) is 2.53. The van der Waals surface area contributed by atoms with Gasteiger partial charge >= 0.3 is 5.97 Å². The predicted octanol–water partition coefficient (Wildman–Crippen LogP) is 2.89. The standard InChI is InChI=1S/C16H15ClFNO4S/c1-11(16(20)23-10-12-6-8-13(17)9-7-12)19-24(21,22)15-5-3-2-4-14(15)18/h2-9,11,19H,10H2,1H3/t11-/m0/s1. The number of hydrogen-bond acceptors (Lipinski definition) is 4. The predicted molar refractivity (Wildman–Crippen MR) is 87.4 cm³/mol. The van der Waals surface area contributed by atoms with Crippen molar-refractivity contribution in [3.05, 3.63) is 64.9 Å². The van der Waals surface area contributed by atoms with Gasteiger partial charge in [-0.05, 0) is 36.8 Å². The number of nitrogens with one attached hydrogen (secondary N) is 1. The molecule has 0 saturated heterocycles. The van der Waals surface area contributed by atoms with E-state index in [1.807, 2.05) is 0 Å². The van der Waals surface area contributed by atoms with Gasteiger partial charge in [0.25, 0.3) is 0 Å². The highest BCUT2D eigenvalue weighted by atomic mass is 35.5. The van der Waals surface area contributed by atoms with Crippen LogP contribution in [-0.4, -0.2) is 20.4 Å². The van der Waals surface area contributed by atoms with Gasteiger partial charge < -0.3 is 4.74 Å². The Hall–Kier alpha value is -1.96. The Kier molecular flexibility index (Phi) is 5.93. The average molecular weight is 372 g/mol. The van der Waals surface area contributed by atoms with E-state index in [4.69, 9.17) is 16.3 Å². The molecule has 1 atom stereocenters. The molecule has 0 saturated carbocycles. The summed E-state index contributed by atoms with van der Waals surface area (Å²) < 4.78 is 44.9. The Bertz CT molecular complexity index is 824. The van der Waals surface area contributed by atoms with Gasteiger partial charge in [-0.1, -0.05) is 35.9 Å². The highest BCUT2D eigenvalue weighted by molar-refractivity contribution is 7.89. The lowest BCUT2D eigenvalue weighted by molar-refractivity contribution is -0.146. The lowest BCUT2D eigenvalue weighted by Crippen LogP contribution is -2.39. The summed E-state index contributed by atoms with van der Waals surface area (Å²) in [4.78, 5) is 11.4. The first-order valence-electron chi connectivity index (χ1n) is 6.97. The first-order chi connectivity index (χ1) is 11.3. The van der Waals surface area contributed by atoms with Crippen LogP contribution in [-0.2, 0) is 26.2 Å². The molecule has 2 aromatic carbocycles. The number of carbonyl (C=O) groups excluding carboxylic acids is 1. The zero-order chi connectivity index (χ0) is 17.7. The molecule has 0 unspecified atom stereocenters. The van der Waals surface area contributed by atoms with Gasteiger partial charge in [0.15, 0.2) is 0 Å². The lowest BCUT2D eigenvalue weighted by atomic mass is 10.2. The summed E-state index contributed by atoms with van der Waals surface area (Å²) in [6.07, 6.45) is 0. The SMILES string of the molecule is C[C@H](NS(=O)(=O)c1ccccc1F)C(=O)OCc1ccc(Cl)cc1. The van der Waals surface area contributed by atoms with Crippen molar-refractivity contribution in [2.45, 2.75) is 24.5 Å². The Labute approximate surface area is 144 Å². The van der Waals surface area contributed by atoms with Crippen LogP contribution in [0.2, 0.25) is 5.02 Å². The summed E-state index contributed by atoms with van der Waals surface area (Å²) in [5.74, 6) is -1.67. The molecule has 0 bridgehead atoms. The number of carbonyl (C=O) groups is 1. The van der Waals surface area contributed by atoms with Crippen LogP contribution in [0.3, 0.4) is 0 Å². The molecule has 0 aliphatic rings. The highest BCUT2D eigenvalue weighted by Crippen LogP contribution is 2.14. The third-order valence-corrected chi connectivity index (χ3v) is 4.93. The Morgan fingerprint density at radius 2 is 1.83 bits per heavy atom. The fraction of sp³-hybridized carbons (Fsp3) is 0.188. The Balaban J connectivity index is 1.98. The zero-order valence-electron chi connectivity index (χ0n) is 12.7. The zero-order valence-corrected chi connectivity index (χ0v) is 14.3. The van der Waals surface area contributed by atoms with Crippen LogP contribution in [0.5, 0.6) is 0 Å². The van der Waals surface area contributed by atoms with E-state index in [9.17, 15) is 17.6 Å². The molecule has 0 aliphatic carbocycles. The second kappa shape index (κ2) is 7.74. The van der Waals surface area contributed by atoms with Crippen molar-refractivity contribution < 1.29 is 22.3 Å². The normalized spacial score (nSPS) is 12.6. The van der Waals surface area contributed by atoms with Gasteiger partial charge in [-0.25, -0.2) is 12.8 Å². The molecule has 1 N–H and O–H groups in total.